The maximum atomic E-state index is 11.9. The van der Waals surface area contributed by atoms with Crippen LogP contribution in [0.5, 0.6) is 0 Å². The molecule has 1 fully saturated rings. The maximum Gasteiger partial charge on any atom is 0.163 e. The molecular weight excluding hydrogens is 228 g/mol. The summed E-state index contributed by atoms with van der Waals surface area (Å²) in [6.07, 6.45) is 3.75. The van der Waals surface area contributed by atoms with Crippen molar-refractivity contribution in [2.45, 2.75) is 52.6 Å². The highest BCUT2D eigenvalue weighted by Gasteiger charge is 2.56. The lowest BCUT2D eigenvalue weighted by atomic mass is 9.46. The van der Waals surface area contributed by atoms with E-state index in [1.165, 1.54) is 13.8 Å². The standard InChI is InChI=1S/C15H22O3/c1-9-7-12(16)11-8-10(9)15(11,4)6-5-13(17)14(2,3)18/h7,10-11,18H,5-6,8H2,1-4H3/t10-,11+,15-/m0/s1. The third kappa shape index (κ3) is 1.95. The third-order valence-corrected chi connectivity index (χ3v) is 4.90. The van der Waals surface area contributed by atoms with Gasteiger partial charge in [0.2, 0.25) is 0 Å². The van der Waals surface area contributed by atoms with Crippen LogP contribution in [-0.2, 0) is 9.59 Å². The molecule has 3 rings (SSSR count). The summed E-state index contributed by atoms with van der Waals surface area (Å²) in [6, 6.07) is 0. The normalized spacial score (nSPS) is 34.9. The summed E-state index contributed by atoms with van der Waals surface area (Å²) in [4.78, 5) is 23.7. The monoisotopic (exact) mass is 250 g/mol. The molecule has 18 heavy (non-hydrogen) atoms. The zero-order chi connectivity index (χ0) is 13.7. The SMILES string of the molecule is CC1=CC(=O)[C@H]2C[C@@H]1[C@]2(C)CCC(=O)C(C)(C)O. The lowest BCUT2D eigenvalue weighted by Crippen LogP contribution is -2.54. The van der Waals surface area contributed by atoms with Crippen LogP contribution in [0.15, 0.2) is 11.6 Å². The van der Waals surface area contributed by atoms with E-state index in [9.17, 15) is 14.7 Å². The molecule has 100 valence electrons. The second kappa shape index (κ2) is 4.02. The fourth-order valence-electron chi connectivity index (χ4n) is 3.47. The Balaban J connectivity index is 2.06. The molecule has 0 aromatic rings. The highest BCUT2D eigenvalue weighted by Crippen LogP contribution is 2.60. The van der Waals surface area contributed by atoms with Crippen LogP contribution in [0.4, 0.5) is 0 Å². The molecule has 3 nitrogen and oxygen atoms in total. The van der Waals surface area contributed by atoms with Gasteiger partial charge >= 0.3 is 0 Å². The lowest BCUT2D eigenvalue weighted by molar-refractivity contribution is -0.142. The van der Waals surface area contributed by atoms with Crippen molar-refractivity contribution >= 4 is 11.6 Å². The minimum absolute atomic E-state index is 0.0726. The van der Waals surface area contributed by atoms with Crippen LogP contribution in [0.3, 0.4) is 0 Å². The first-order chi connectivity index (χ1) is 8.16. The molecule has 0 heterocycles. The lowest BCUT2D eigenvalue weighted by Gasteiger charge is -2.57. The highest BCUT2D eigenvalue weighted by molar-refractivity contribution is 5.96. The van der Waals surface area contributed by atoms with Crippen molar-refractivity contribution < 1.29 is 14.7 Å². The van der Waals surface area contributed by atoms with Crippen molar-refractivity contribution in [2.75, 3.05) is 0 Å². The Morgan fingerprint density at radius 1 is 1.50 bits per heavy atom. The van der Waals surface area contributed by atoms with Gasteiger partial charge < -0.3 is 5.11 Å². The minimum atomic E-state index is -1.26. The van der Waals surface area contributed by atoms with Gasteiger partial charge in [-0.3, -0.25) is 9.59 Å². The number of fused-ring (bicyclic) bond motifs is 1. The summed E-state index contributed by atoms with van der Waals surface area (Å²) in [5.74, 6) is 0.603. The first-order valence-corrected chi connectivity index (χ1v) is 6.64. The largest absolute Gasteiger partial charge is 0.383 e. The molecule has 0 radical (unpaired) electrons. The molecule has 3 atom stereocenters. The van der Waals surface area contributed by atoms with Gasteiger partial charge in [0.15, 0.2) is 11.6 Å². The van der Waals surface area contributed by atoms with E-state index >= 15 is 0 Å². The van der Waals surface area contributed by atoms with Gasteiger partial charge in [-0.15, -0.1) is 0 Å². The predicted octanol–water partition coefficient (Wildman–Crippen LogP) is 2.28. The van der Waals surface area contributed by atoms with E-state index in [1.54, 1.807) is 6.08 Å². The molecule has 3 heteroatoms. The van der Waals surface area contributed by atoms with Gasteiger partial charge in [-0.1, -0.05) is 12.5 Å². The van der Waals surface area contributed by atoms with E-state index < -0.39 is 5.60 Å². The van der Waals surface area contributed by atoms with Crippen LogP contribution in [0.2, 0.25) is 0 Å². The first-order valence-electron chi connectivity index (χ1n) is 6.64. The molecule has 1 saturated carbocycles. The number of carbonyl (C=O) groups excluding carboxylic acids is 2. The number of hydrogen-bond acceptors (Lipinski definition) is 3. The maximum absolute atomic E-state index is 11.9. The van der Waals surface area contributed by atoms with Crippen molar-refractivity contribution in [1.82, 2.24) is 0 Å². The highest BCUT2D eigenvalue weighted by atomic mass is 16.3. The van der Waals surface area contributed by atoms with Crippen LogP contribution in [0, 0.1) is 17.3 Å². The summed E-state index contributed by atoms with van der Waals surface area (Å²) in [5, 5.41) is 9.65. The summed E-state index contributed by atoms with van der Waals surface area (Å²) in [6.45, 7) is 7.16. The van der Waals surface area contributed by atoms with Crippen LogP contribution in [-0.4, -0.2) is 22.3 Å². The molecule has 0 aromatic carbocycles. The molecule has 0 spiro atoms. The van der Waals surface area contributed by atoms with E-state index in [-0.39, 0.29) is 22.9 Å². The Bertz CT molecular complexity index is 428. The van der Waals surface area contributed by atoms with Gasteiger partial charge in [0.25, 0.3) is 0 Å². The molecule has 0 aromatic heterocycles. The van der Waals surface area contributed by atoms with Crippen LogP contribution >= 0.6 is 0 Å². The molecule has 0 saturated heterocycles. The number of hydrogen-bond donors (Lipinski definition) is 1. The number of allylic oxidation sites excluding steroid dienone is 2. The molecule has 3 aliphatic carbocycles. The zero-order valence-corrected chi connectivity index (χ0v) is 11.6. The average Bonchev–Trinajstić information content (AvgIpc) is 2.21. The summed E-state index contributed by atoms with van der Waals surface area (Å²) >= 11 is 0. The van der Waals surface area contributed by atoms with E-state index in [4.69, 9.17) is 0 Å². The van der Waals surface area contributed by atoms with Gasteiger partial charge in [0.1, 0.15) is 5.60 Å². The van der Waals surface area contributed by atoms with Gasteiger partial charge in [-0.25, -0.2) is 0 Å². The van der Waals surface area contributed by atoms with Crippen molar-refractivity contribution in [3.05, 3.63) is 11.6 Å². The number of aliphatic hydroxyl groups is 1. The van der Waals surface area contributed by atoms with Gasteiger partial charge in [0.05, 0.1) is 0 Å². The fraction of sp³-hybridized carbons (Fsp3) is 0.733. The molecule has 3 aliphatic rings. The van der Waals surface area contributed by atoms with Crippen LogP contribution < -0.4 is 0 Å². The quantitative estimate of drug-likeness (QED) is 0.832. The van der Waals surface area contributed by atoms with E-state index in [2.05, 4.69) is 6.92 Å². The average molecular weight is 250 g/mol. The molecule has 2 bridgehead atoms. The first kappa shape index (κ1) is 13.5. The predicted molar refractivity (Wildman–Crippen MR) is 69.0 cm³/mol. The number of rotatable bonds is 4. The molecule has 0 amide bonds. The Morgan fingerprint density at radius 3 is 2.56 bits per heavy atom. The van der Waals surface area contributed by atoms with Crippen LogP contribution in [0.1, 0.15) is 47.0 Å². The number of Topliss-reactive ketones (excluding diaryl/α,β-unsaturated/α-hetero) is 1. The fourth-order valence-corrected chi connectivity index (χ4v) is 3.47. The van der Waals surface area contributed by atoms with Crippen molar-refractivity contribution in [2.24, 2.45) is 17.3 Å². The second-order valence-corrected chi connectivity index (χ2v) is 6.62. The van der Waals surface area contributed by atoms with Crippen molar-refractivity contribution in [3.8, 4) is 0 Å². The summed E-state index contributed by atoms with van der Waals surface area (Å²) in [7, 11) is 0. The smallest absolute Gasteiger partial charge is 0.163 e. The van der Waals surface area contributed by atoms with Crippen molar-refractivity contribution in [3.63, 3.8) is 0 Å². The Kier molecular flexibility index (Phi) is 3.01. The van der Waals surface area contributed by atoms with E-state index in [0.29, 0.717) is 18.8 Å². The number of ketones is 2. The van der Waals surface area contributed by atoms with Crippen molar-refractivity contribution in [1.29, 1.82) is 0 Å². The van der Waals surface area contributed by atoms with E-state index in [0.717, 1.165) is 12.0 Å². The molecule has 1 N–H and O–H groups in total. The molecule has 0 unspecified atom stereocenters. The topological polar surface area (TPSA) is 54.4 Å². The van der Waals surface area contributed by atoms with Crippen LogP contribution in [0.25, 0.3) is 0 Å². The van der Waals surface area contributed by atoms with E-state index in [1.807, 2.05) is 6.92 Å². The third-order valence-electron chi connectivity index (χ3n) is 4.90. The Hall–Kier alpha value is -0.960. The van der Waals surface area contributed by atoms with Gasteiger partial charge in [0, 0.05) is 12.3 Å². The Labute approximate surface area is 108 Å². The van der Waals surface area contributed by atoms with Gasteiger partial charge in [-0.05, 0) is 51.0 Å². The zero-order valence-electron chi connectivity index (χ0n) is 11.6. The number of carbonyl (C=O) groups is 2. The summed E-state index contributed by atoms with van der Waals surface area (Å²) < 4.78 is 0. The second-order valence-electron chi connectivity index (χ2n) is 6.62. The minimum Gasteiger partial charge on any atom is -0.383 e. The Morgan fingerprint density at radius 2 is 2.11 bits per heavy atom. The van der Waals surface area contributed by atoms with Gasteiger partial charge in [-0.2, -0.15) is 0 Å². The molecule has 0 aliphatic heterocycles. The summed E-state index contributed by atoms with van der Waals surface area (Å²) in [5.41, 5.74) is -0.179. The molecular formula is C15H22O3.